The summed E-state index contributed by atoms with van der Waals surface area (Å²) >= 11 is 0. The Kier molecular flexibility index (Phi) is 14.3. The molecule has 120 valence electrons. The van der Waals surface area contributed by atoms with Crippen LogP contribution >= 0.6 is 0 Å². The summed E-state index contributed by atoms with van der Waals surface area (Å²) in [5.41, 5.74) is 0. The van der Waals surface area contributed by atoms with Crippen LogP contribution in [0.1, 0.15) is 65.2 Å². The molecular weight excluding hydrogens is 254 g/mol. The van der Waals surface area contributed by atoms with Crippen LogP contribution in [-0.4, -0.2) is 48.8 Å². The minimum Gasteiger partial charge on any atom is -0.481 e. The lowest BCUT2D eigenvalue weighted by molar-refractivity contribution is -0.137. The first-order valence-electron chi connectivity index (χ1n) is 8.22. The second-order valence-electron chi connectivity index (χ2n) is 5.37. The van der Waals surface area contributed by atoms with Gasteiger partial charge in [0.15, 0.2) is 0 Å². The third kappa shape index (κ3) is 13.8. The highest BCUT2D eigenvalue weighted by molar-refractivity contribution is 5.66. The van der Waals surface area contributed by atoms with Gasteiger partial charge in [-0.2, -0.15) is 0 Å². The Hall–Kier alpha value is -0.610. The molecular formula is C16H33NO3. The van der Waals surface area contributed by atoms with Crippen molar-refractivity contribution in [2.75, 3.05) is 32.8 Å². The summed E-state index contributed by atoms with van der Waals surface area (Å²) < 4.78 is 5.55. The predicted molar refractivity (Wildman–Crippen MR) is 83.2 cm³/mol. The minimum atomic E-state index is -0.706. The van der Waals surface area contributed by atoms with E-state index in [1.165, 1.54) is 32.1 Å². The Morgan fingerprint density at radius 1 is 0.900 bits per heavy atom. The molecule has 0 saturated carbocycles. The van der Waals surface area contributed by atoms with Gasteiger partial charge in [-0.15, -0.1) is 0 Å². The second-order valence-corrected chi connectivity index (χ2v) is 5.37. The summed E-state index contributed by atoms with van der Waals surface area (Å²) in [7, 11) is 0. The van der Waals surface area contributed by atoms with Crippen LogP contribution in [0.2, 0.25) is 0 Å². The molecule has 0 rings (SSSR count). The molecule has 0 bridgehead atoms. The van der Waals surface area contributed by atoms with E-state index >= 15 is 0 Å². The lowest BCUT2D eigenvalue weighted by atomic mass is 10.2. The Morgan fingerprint density at radius 3 is 2.20 bits per heavy atom. The maximum Gasteiger partial charge on any atom is 0.304 e. The number of unbranched alkanes of at least 4 members (excludes halogenated alkanes) is 4. The molecule has 0 aliphatic heterocycles. The fraction of sp³-hybridized carbons (Fsp3) is 0.938. The number of ether oxygens (including phenoxy) is 1. The molecule has 4 heteroatoms. The monoisotopic (exact) mass is 287 g/mol. The zero-order valence-corrected chi connectivity index (χ0v) is 13.4. The van der Waals surface area contributed by atoms with Crippen molar-refractivity contribution in [3.8, 4) is 0 Å². The first-order chi connectivity index (χ1) is 9.70. The summed E-state index contributed by atoms with van der Waals surface area (Å²) in [6.45, 7) is 8.63. The molecule has 0 spiro atoms. The van der Waals surface area contributed by atoms with E-state index in [4.69, 9.17) is 9.84 Å². The van der Waals surface area contributed by atoms with Gasteiger partial charge in [0.1, 0.15) is 0 Å². The van der Waals surface area contributed by atoms with E-state index in [9.17, 15) is 4.79 Å². The van der Waals surface area contributed by atoms with Gasteiger partial charge in [0.05, 0.1) is 6.42 Å². The molecule has 0 amide bonds. The average molecular weight is 287 g/mol. The lowest BCUT2D eigenvalue weighted by Crippen LogP contribution is -2.29. The highest BCUT2D eigenvalue weighted by Crippen LogP contribution is 2.03. The van der Waals surface area contributed by atoms with Crippen molar-refractivity contribution in [1.82, 2.24) is 4.90 Å². The van der Waals surface area contributed by atoms with Gasteiger partial charge in [0.25, 0.3) is 0 Å². The maximum absolute atomic E-state index is 10.7. The Morgan fingerprint density at radius 2 is 1.55 bits per heavy atom. The fourth-order valence-corrected chi connectivity index (χ4v) is 2.09. The maximum atomic E-state index is 10.7. The van der Waals surface area contributed by atoms with Gasteiger partial charge < -0.3 is 14.7 Å². The largest absolute Gasteiger partial charge is 0.481 e. The molecule has 0 atom stereocenters. The number of aliphatic carboxylic acids is 1. The van der Waals surface area contributed by atoms with Crippen LogP contribution in [0, 0.1) is 0 Å². The van der Waals surface area contributed by atoms with Crippen molar-refractivity contribution in [2.45, 2.75) is 65.2 Å². The van der Waals surface area contributed by atoms with E-state index in [-0.39, 0.29) is 6.42 Å². The number of carbonyl (C=O) groups is 1. The van der Waals surface area contributed by atoms with E-state index in [2.05, 4.69) is 18.7 Å². The molecule has 0 aliphatic carbocycles. The molecule has 0 aliphatic rings. The van der Waals surface area contributed by atoms with Gasteiger partial charge in [0, 0.05) is 26.3 Å². The second kappa shape index (κ2) is 14.8. The number of hydrogen-bond acceptors (Lipinski definition) is 3. The third-order valence-electron chi connectivity index (χ3n) is 3.38. The average Bonchev–Trinajstić information content (AvgIpc) is 2.43. The number of carboxylic acid groups (broad SMARTS) is 1. The highest BCUT2D eigenvalue weighted by atomic mass is 16.5. The van der Waals surface area contributed by atoms with Crippen LogP contribution in [0.4, 0.5) is 0 Å². The topological polar surface area (TPSA) is 49.8 Å². The molecule has 0 unspecified atom stereocenters. The van der Waals surface area contributed by atoms with Gasteiger partial charge in [-0.1, -0.05) is 39.5 Å². The van der Waals surface area contributed by atoms with E-state index in [1.807, 2.05) is 0 Å². The van der Waals surface area contributed by atoms with Gasteiger partial charge in [0.2, 0.25) is 0 Å². The SMILES string of the molecule is CCCCCCN(CCCOCCCC)CCC(=O)O. The molecule has 0 fully saturated rings. The van der Waals surface area contributed by atoms with Crippen molar-refractivity contribution < 1.29 is 14.6 Å². The molecule has 0 aromatic heterocycles. The minimum absolute atomic E-state index is 0.241. The summed E-state index contributed by atoms with van der Waals surface area (Å²) in [4.78, 5) is 12.9. The van der Waals surface area contributed by atoms with Crippen LogP contribution in [-0.2, 0) is 9.53 Å². The Balaban J connectivity index is 3.71. The summed E-state index contributed by atoms with van der Waals surface area (Å²) in [6.07, 6.45) is 8.45. The smallest absolute Gasteiger partial charge is 0.304 e. The normalized spacial score (nSPS) is 11.2. The number of nitrogens with zero attached hydrogens (tertiary/aromatic N) is 1. The molecule has 0 heterocycles. The molecule has 0 aromatic rings. The summed E-state index contributed by atoms with van der Waals surface area (Å²) in [5.74, 6) is -0.706. The third-order valence-corrected chi connectivity index (χ3v) is 3.38. The summed E-state index contributed by atoms with van der Waals surface area (Å²) in [6, 6.07) is 0. The van der Waals surface area contributed by atoms with Gasteiger partial charge in [-0.3, -0.25) is 4.79 Å². The molecule has 1 N–H and O–H groups in total. The molecule has 0 radical (unpaired) electrons. The highest BCUT2D eigenvalue weighted by Gasteiger charge is 2.07. The standard InChI is InChI=1S/C16H33NO3/c1-3-5-7-8-11-17(13-10-16(18)19)12-9-15-20-14-6-4-2/h3-15H2,1-2H3,(H,18,19). The van der Waals surface area contributed by atoms with Crippen LogP contribution in [0.25, 0.3) is 0 Å². The summed E-state index contributed by atoms with van der Waals surface area (Å²) in [5, 5.41) is 8.79. The van der Waals surface area contributed by atoms with E-state index < -0.39 is 5.97 Å². The van der Waals surface area contributed by atoms with Crippen molar-refractivity contribution in [3.63, 3.8) is 0 Å². The van der Waals surface area contributed by atoms with Crippen LogP contribution in [0.15, 0.2) is 0 Å². The zero-order chi connectivity index (χ0) is 15.1. The number of hydrogen-bond donors (Lipinski definition) is 1. The fourth-order valence-electron chi connectivity index (χ4n) is 2.09. The van der Waals surface area contributed by atoms with Crippen LogP contribution in [0.5, 0.6) is 0 Å². The predicted octanol–water partition coefficient (Wildman–Crippen LogP) is 3.55. The molecule has 4 nitrogen and oxygen atoms in total. The first kappa shape index (κ1) is 19.4. The van der Waals surface area contributed by atoms with Gasteiger partial charge in [-0.25, -0.2) is 0 Å². The van der Waals surface area contributed by atoms with Crippen molar-refractivity contribution in [3.05, 3.63) is 0 Å². The quantitative estimate of drug-likeness (QED) is 0.468. The van der Waals surface area contributed by atoms with Crippen molar-refractivity contribution >= 4 is 5.97 Å². The van der Waals surface area contributed by atoms with Crippen molar-refractivity contribution in [2.24, 2.45) is 0 Å². The van der Waals surface area contributed by atoms with E-state index in [0.29, 0.717) is 6.54 Å². The molecule has 20 heavy (non-hydrogen) atoms. The zero-order valence-electron chi connectivity index (χ0n) is 13.4. The van der Waals surface area contributed by atoms with Crippen LogP contribution < -0.4 is 0 Å². The van der Waals surface area contributed by atoms with Gasteiger partial charge in [-0.05, 0) is 25.8 Å². The Bertz CT molecular complexity index is 222. The van der Waals surface area contributed by atoms with Gasteiger partial charge >= 0.3 is 5.97 Å². The first-order valence-corrected chi connectivity index (χ1v) is 8.22. The number of carboxylic acids is 1. The van der Waals surface area contributed by atoms with Crippen LogP contribution in [0.3, 0.4) is 0 Å². The molecule has 0 aromatic carbocycles. The Labute approximate surface area is 124 Å². The van der Waals surface area contributed by atoms with Crippen molar-refractivity contribution in [1.29, 1.82) is 0 Å². The molecule has 0 saturated heterocycles. The lowest BCUT2D eigenvalue weighted by Gasteiger charge is -2.21. The number of rotatable bonds is 15. The van der Waals surface area contributed by atoms with E-state index in [1.54, 1.807) is 0 Å². The van der Waals surface area contributed by atoms with E-state index in [0.717, 1.165) is 39.1 Å².